The SMILES string of the molecule is CCN1CCN(S(=O)(=O)c2ccc(OC(C)C)c(C)c2)CC1. The maximum absolute atomic E-state index is 12.7. The van der Waals surface area contributed by atoms with E-state index in [2.05, 4.69) is 11.8 Å². The van der Waals surface area contributed by atoms with E-state index in [1.165, 1.54) is 0 Å². The van der Waals surface area contributed by atoms with Crippen LogP contribution in [0.1, 0.15) is 26.3 Å². The van der Waals surface area contributed by atoms with Gasteiger partial charge in [0.2, 0.25) is 10.0 Å². The molecule has 0 saturated carbocycles. The summed E-state index contributed by atoms with van der Waals surface area (Å²) in [4.78, 5) is 2.61. The fourth-order valence-electron chi connectivity index (χ4n) is 2.60. The van der Waals surface area contributed by atoms with Crippen LogP contribution in [0.25, 0.3) is 0 Å². The predicted molar refractivity (Wildman–Crippen MR) is 87.8 cm³/mol. The van der Waals surface area contributed by atoms with Crippen LogP contribution >= 0.6 is 0 Å². The fraction of sp³-hybridized carbons (Fsp3) is 0.625. The highest BCUT2D eigenvalue weighted by Gasteiger charge is 2.28. The number of ether oxygens (including phenoxy) is 1. The quantitative estimate of drug-likeness (QED) is 0.831. The zero-order chi connectivity index (χ0) is 16.3. The Morgan fingerprint density at radius 2 is 1.82 bits per heavy atom. The Hall–Kier alpha value is -1.11. The van der Waals surface area contributed by atoms with Gasteiger partial charge in [0.05, 0.1) is 11.0 Å². The summed E-state index contributed by atoms with van der Waals surface area (Å²) in [6.07, 6.45) is 0.0725. The van der Waals surface area contributed by atoms with E-state index in [4.69, 9.17) is 4.74 Å². The fourth-order valence-corrected chi connectivity index (χ4v) is 4.11. The third-order valence-corrected chi connectivity index (χ3v) is 5.82. The molecule has 0 radical (unpaired) electrons. The molecule has 6 heteroatoms. The van der Waals surface area contributed by atoms with Crippen molar-refractivity contribution in [3.63, 3.8) is 0 Å². The zero-order valence-corrected chi connectivity index (χ0v) is 14.7. The summed E-state index contributed by atoms with van der Waals surface area (Å²) in [5, 5.41) is 0. The Morgan fingerprint density at radius 1 is 1.18 bits per heavy atom. The van der Waals surface area contributed by atoms with Gasteiger partial charge < -0.3 is 9.64 Å². The highest BCUT2D eigenvalue weighted by molar-refractivity contribution is 7.89. The van der Waals surface area contributed by atoms with Crippen molar-refractivity contribution in [1.29, 1.82) is 0 Å². The van der Waals surface area contributed by atoms with Gasteiger partial charge in [-0.2, -0.15) is 4.31 Å². The number of hydrogen-bond donors (Lipinski definition) is 0. The van der Waals surface area contributed by atoms with E-state index in [1.807, 2.05) is 20.8 Å². The summed E-state index contributed by atoms with van der Waals surface area (Å²) in [6, 6.07) is 5.11. The molecule has 1 fully saturated rings. The van der Waals surface area contributed by atoms with Crippen molar-refractivity contribution in [2.75, 3.05) is 32.7 Å². The number of nitrogens with zero attached hydrogens (tertiary/aromatic N) is 2. The Labute approximate surface area is 133 Å². The van der Waals surface area contributed by atoms with Crippen molar-refractivity contribution < 1.29 is 13.2 Å². The Bertz CT molecular complexity index is 606. The van der Waals surface area contributed by atoms with E-state index in [1.54, 1.807) is 22.5 Å². The average Bonchev–Trinajstić information content (AvgIpc) is 2.49. The van der Waals surface area contributed by atoms with E-state index < -0.39 is 10.0 Å². The molecule has 1 saturated heterocycles. The van der Waals surface area contributed by atoms with E-state index in [-0.39, 0.29) is 6.10 Å². The summed E-state index contributed by atoms with van der Waals surface area (Å²) >= 11 is 0. The van der Waals surface area contributed by atoms with E-state index in [0.717, 1.165) is 30.9 Å². The monoisotopic (exact) mass is 326 g/mol. The molecular weight excluding hydrogens is 300 g/mol. The molecule has 1 aromatic carbocycles. The van der Waals surface area contributed by atoms with Gasteiger partial charge in [0.15, 0.2) is 0 Å². The van der Waals surface area contributed by atoms with Crippen LogP contribution in [0.3, 0.4) is 0 Å². The van der Waals surface area contributed by atoms with Gasteiger partial charge in [-0.1, -0.05) is 6.92 Å². The van der Waals surface area contributed by atoms with Gasteiger partial charge in [0.25, 0.3) is 0 Å². The number of likely N-dealkylation sites (N-methyl/N-ethyl adjacent to an activating group) is 1. The maximum Gasteiger partial charge on any atom is 0.243 e. The van der Waals surface area contributed by atoms with Crippen molar-refractivity contribution in [3.05, 3.63) is 23.8 Å². The molecule has 0 aromatic heterocycles. The minimum absolute atomic E-state index is 0.0725. The lowest BCUT2D eigenvalue weighted by atomic mass is 10.2. The smallest absolute Gasteiger partial charge is 0.243 e. The van der Waals surface area contributed by atoms with Crippen molar-refractivity contribution in [1.82, 2.24) is 9.21 Å². The second-order valence-corrected chi connectivity index (χ2v) is 7.87. The lowest BCUT2D eigenvalue weighted by molar-refractivity contribution is 0.196. The van der Waals surface area contributed by atoms with Gasteiger partial charge in [-0.05, 0) is 51.1 Å². The van der Waals surface area contributed by atoms with E-state index in [9.17, 15) is 8.42 Å². The molecule has 1 aliphatic heterocycles. The highest BCUT2D eigenvalue weighted by atomic mass is 32.2. The molecule has 0 bridgehead atoms. The zero-order valence-electron chi connectivity index (χ0n) is 13.9. The van der Waals surface area contributed by atoms with Crippen molar-refractivity contribution >= 4 is 10.0 Å². The first-order valence-corrected chi connectivity index (χ1v) is 9.28. The second kappa shape index (κ2) is 6.98. The first kappa shape index (κ1) is 17.2. The van der Waals surface area contributed by atoms with Crippen LogP contribution in [0.4, 0.5) is 0 Å². The van der Waals surface area contributed by atoms with E-state index >= 15 is 0 Å². The molecule has 1 heterocycles. The molecule has 0 N–H and O–H groups in total. The van der Waals surface area contributed by atoms with Crippen LogP contribution in [0.15, 0.2) is 23.1 Å². The first-order valence-electron chi connectivity index (χ1n) is 7.84. The number of aryl methyl sites for hydroxylation is 1. The molecule has 1 aromatic rings. The minimum atomic E-state index is -3.41. The van der Waals surface area contributed by atoms with Crippen LogP contribution in [-0.2, 0) is 10.0 Å². The summed E-state index contributed by atoms with van der Waals surface area (Å²) in [6.45, 7) is 11.6. The van der Waals surface area contributed by atoms with Crippen molar-refractivity contribution in [2.45, 2.75) is 38.7 Å². The molecule has 1 aliphatic rings. The number of benzene rings is 1. The van der Waals surface area contributed by atoms with Gasteiger partial charge in [-0.15, -0.1) is 0 Å². The van der Waals surface area contributed by atoms with Gasteiger partial charge in [0, 0.05) is 26.2 Å². The number of piperazine rings is 1. The van der Waals surface area contributed by atoms with Crippen LogP contribution in [0.5, 0.6) is 5.75 Å². The molecule has 0 atom stereocenters. The van der Waals surface area contributed by atoms with Crippen molar-refractivity contribution in [3.8, 4) is 5.75 Å². The predicted octanol–water partition coefficient (Wildman–Crippen LogP) is 2.11. The average molecular weight is 326 g/mol. The Morgan fingerprint density at radius 3 is 2.32 bits per heavy atom. The number of hydrogen-bond acceptors (Lipinski definition) is 4. The summed E-state index contributed by atoms with van der Waals surface area (Å²) in [5.41, 5.74) is 0.849. The second-order valence-electron chi connectivity index (χ2n) is 5.93. The van der Waals surface area contributed by atoms with Gasteiger partial charge in [-0.25, -0.2) is 8.42 Å². The first-order chi connectivity index (χ1) is 10.3. The molecule has 0 amide bonds. The van der Waals surface area contributed by atoms with E-state index in [0.29, 0.717) is 18.0 Å². The normalized spacial score (nSPS) is 17.9. The maximum atomic E-state index is 12.7. The molecule has 0 spiro atoms. The van der Waals surface area contributed by atoms with Gasteiger partial charge in [0.1, 0.15) is 5.75 Å². The lowest BCUT2D eigenvalue weighted by Gasteiger charge is -2.33. The van der Waals surface area contributed by atoms with Gasteiger partial charge >= 0.3 is 0 Å². The largest absolute Gasteiger partial charge is 0.491 e. The molecule has 22 heavy (non-hydrogen) atoms. The van der Waals surface area contributed by atoms with Crippen LogP contribution in [0.2, 0.25) is 0 Å². The van der Waals surface area contributed by atoms with Crippen LogP contribution < -0.4 is 4.74 Å². The van der Waals surface area contributed by atoms with Crippen LogP contribution in [0, 0.1) is 6.92 Å². The summed E-state index contributed by atoms with van der Waals surface area (Å²) < 4.78 is 32.7. The third-order valence-electron chi connectivity index (χ3n) is 3.93. The topological polar surface area (TPSA) is 49.9 Å². The van der Waals surface area contributed by atoms with Crippen molar-refractivity contribution in [2.24, 2.45) is 0 Å². The molecule has 124 valence electrons. The molecule has 0 aliphatic carbocycles. The lowest BCUT2D eigenvalue weighted by Crippen LogP contribution is -2.48. The summed E-state index contributed by atoms with van der Waals surface area (Å²) in [7, 11) is -3.41. The molecule has 0 unspecified atom stereocenters. The van der Waals surface area contributed by atoms with Gasteiger partial charge in [-0.3, -0.25) is 0 Å². The van der Waals surface area contributed by atoms with Crippen LogP contribution in [-0.4, -0.2) is 56.5 Å². The number of rotatable bonds is 5. The minimum Gasteiger partial charge on any atom is -0.491 e. The molecule has 5 nitrogen and oxygen atoms in total. The molecule has 2 rings (SSSR count). The Kier molecular flexibility index (Phi) is 5.47. The molecular formula is C16H26N2O3S. The third kappa shape index (κ3) is 3.80. The Balaban J connectivity index is 2.18. The standard InChI is InChI=1S/C16H26N2O3S/c1-5-17-8-10-18(11-9-17)22(19,20)15-6-7-16(14(4)12-15)21-13(2)3/h6-7,12-13H,5,8-11H2,1-4H3. The highest BCUT2D eigenvalue weighted by Crippen LogP contribution is 2.25. The summed E-state index contributed by atoms with van der Waals surface area (Å²) in [5.74, 6) is 0.741. The number of sulfonamides is 1.